The molecule has 1 aliphatic rings. The zero-order valence-corrected chi connectivity index (χ0v) is 18.9. The third-order valence-corrected chi connectivity index (χ3v) is 5.85. The molecule has 6 heteroatoms. The molecule has 6 nitrogen and oxygen atoms in total. The number of carbonyl (C=O) groups is 1. The van der Waals surface area contributed by atoms with Gasteiger partial charge in [-0.05, 0) is 45.8 Å². The highest BCUT2D eigenvalue weighted by Gasteiger charge is 2.42. The highest BCUT2D eigenvalue weighted by molar-refractivity contribution is 5.84. The second-order valence-corrected chi connectivity index (χ2v) is 8.57. The summed E-state index contributed by atoms with van der Waals surface area (Å²) >= 11 is 0. The molecule has 0 bridgehead atoms. The van der Waals surface area contributed by atoms with Gasteiger partial charge in [0.15, 0.2) is 5.96 Å². The molecule has 0 saturated heterocycles. The Morgan fingerprint density at radius 2 is 1.76 bits per heavy atom. The zero-order valence-electron chi connectivity index (χ0n) is 18.9. The minimum atomic E-state index is -0.336. The van der Waals surface area contributed by atoms with Crippen molar-refractivity contribution in [2.24, 2.45) is 10.4 Å². The van der Waals surface area contributed by atoms with E-state index in [1.807, 2.05) is 14.1 Å². The van der Waals surface area contributed by atoms with E-state index in [9.17, 15) is 4.79 Å². The van der Waals surface area contributed by atoms with Crippen LogP contribution in [0.15, 0.2) is 35.3 Å². The average Bonchev–Trinajstić information content (AvgIpc) is 3.19. The normalized spacial score (nSPS) is 17.2. The molecule has 1 fully saturated rings. The van der Waals surface area contributed by atoms with Crippen LogP contribution in [0, 0.1) is 5.41 Å². The highest BCUT2D eigenvalue weighted by atomic mass is 16.2. The summed E-state index contributed by atoms with van der Waals surface area (Å²) in [5, 5.41) is 6.85. The monoisotopic (exact) mass is 401 g/mol. The number of guanidine groups is 1. The van der Waals surface area contributed by atoms with Gasteiger partial charge in [-0.1, -0.05) is 43.2 Å². The van der Waals surface area contributed by atoms with Crippen molar-refractivity contribution in [3.05, 3.63) is 35.9 Å². The van der Waals surface area contributed by atoms with Crippen LogP contribution in [0.25, 0.3) is 0 Å². The summed E-state index contributed by atoms with van der Waals surface area (Å²) in [6.45, 7) is 4.21. The first-order chi connectivity index (χ1) is 13.9. The zero-order chi connectivity index (χ0) is 21.3. The van der Waals surface area contributed by atoms with Gasteiger partial charge in [0.05, 0.1) is 12.0 Å². The van der Waals surface area contributed by atoms with Crippen LogP contribution >= 0.6 is 0 Å². The number of hydrogen-bond donors (Lipinski definition) is 2. The van der Waals surface area contributed by atoms with E-state index in [2.05, 4.69) is 66.9 Å². The van der Waals surface area contributed by atoms with Crippen molar-refractivity contribution >= 4 is 11.9 Å². The van der Waals surface area contributed by atoms with E-state index in [0.717, 1.165) is 51.2 Å². The molecule has 2 rings (SSSR count). The molecule has 0 aromatic heterocycles. The Hall–Kier alpha value is -2.08. The standard InChI is InChI=1S/C23H39N5O/c1-6-24-22(26-18-23(14-10-11-15-23)21(29)28(4)5)25-17-20(27(2)3)16-19-12-8-7-9-13-19/h7-9,12-13,20H,6,10-11,14-18H2,1-5H3,(H2,24,25,26). The third kappa shape index (κ3) is 6.74. The van der Waals surface area contributed by atoms with Crippen molar-refractivity contribution in [2.75, 3.05) is 47.8 Å². The molecule has 0 spiro atoms. The fourth-order valence-corrected chi connectivity index (χ4v) is 4.08. The molecule has 1 atom stereocenters. The number of benzene rings is 1. The van der Waals surface area contributed by atoms with Crippen LogP contribution in [-0.2, 0) is 11.2 Å². The third-order valence-electron chi connectivity index (χ3n) is 5.85. The van der Waals surface area contributed by atoms with Gasteiger partial charge < -0.3 is 20.4 Å². The van der Waals surface area contributed by atoms with E-state index >= 15 is 0 Å². The Morgan fingerprint density at radius 1 is 1.10 bits per heavy atom. The van der Waals surface area contributed by atoms with Crippen LogP contribution in [0.3, 0.4) is 0 Å². The molecule has 1 aliphatic carbocycles. The molecule has 1 aromatic carbocycles. The van der Waals surface area contributed by atoms with Crippen molar-refractivity contribution in [1.29, 1.82) is 0 Å². The second kappa shape index (κ2) is 11.2. The lowest BCUT2D eigenvalue weighted by Crippen LogP contribution is -2.47. The Labute approximate surface area is 176 Å². The molecule has 1 unspecified atom stereocenters. The van der Waals surface area contributed by atoms with Crippen LogP contribution < -0.4 is 10.6 Å². The van der Waals surface area contributed by atoms with E-state index in [-0.39, 0.29) is 11.3 Å². The number of rotatable bonds is 9. The molecular formula is C23H39N5O. The van der Waals surface area contributed by atoms with Gasteiger partial charge in [-0.3, -0.25) is 9.79 Å². The van der Waals surface area contributed by atoms with Crippen molar-refractivity contribution < 1.29 is 4.79 Å². The number of amides is 1. The lowest BCUT2D eigenvalue weighted by Gasteiger charge is -2.30. The van der Waals surface area contributed by atoms with Crippen molar-refractivity contribution in [3.8, 4) is 0 Å². The Kier molecular flexibility index (Phi) is 8.96. The predicted octanol–water partition coefficient (Wildman–Crippen LogP) is 2.36. The number of nitrogens with zero attached hydrogens (tertiary/aromatic N) is 3. The van der Waals surface area contributed by atoms with Crippen LogP contribution in [0.4, 0.5) is 0 Å². The topological polar surface area (TPSA) is 60.0 Å². The molecular weight excluding hydrogens is 362 g/mol. The minimum absolute atomic E-state index is 0.213. The second-order valence-electron chi connectivity index (χ2n) is 8.57. The number of nitrogens with one attached hydrogen (secondary N) is 2. The van der Waals surface area contributed by atoms with E-state index < -0.39 is 0 Å². The Balaban J connectivity index is 2.04. The van der Waals surface area contributed by atoms with Gasteiger partial charge in [0.1, 0.15) is 0 Å². The van der Waals surface area contributed by atoms with E-state index in [1.54, 1.807) is 4.90 Å². The maximum atomic E-state index is 12.8. The smallest absolute Gasteiger partial charge is 0.230 e. The first kappa shape index (κ1) is 23.2. The van der Waals surface area contributed by atoms with Gasteiger partial charge in [-0.15, -0.1) is 0 Å². The largest absolute Gasteiger partial charge is 0.357 e. The van der Waals surface area contributed by atoms with Crippen molar-refractivity contribution in [1.82, 2.24) is 20.4 Å². The average molecular weight is 402 g/mol. The fourth-order valence-electron chi connectivity index (χ4n) is 4.08. The molecule has 0 radical (unpaired) electrons. The van der Waals surface area contributed by atoms with Crippen LogP contribution in [-0.4, -0.2) is 75.5 Å². The molecule has 1 saturated carbocycles. The van der Waals surface area contributed by atoms with Crippen molar-refractivity contribution in [2.45, 2.75) is 45.1 Å². The van der Waals surface area contributed by atoms with E-state index in [4.69, 9.17) is 4.99 Å². The molecule has 1 aromatic rings. The lowest BCUT2D eigenvalue weighted by molar-refractivity contribution is -0.138. The van der Waals surface area contributed by atoms with Gasteiger partial charge in [-0.25, -0.2) is 0 Å². The summed E-state index contributed by atoms with van der Waals surface area (Å²) in [7, 11) is 7.92. The predicted molar refractivity (Wildman–Crippen MR) is 121 cm³/mol. The number of aliphatic imine (C=N–C) groups is 1. The quantitative estimate of drug-likeness (QED) is 0.493. The van der Waals surface area contributed by atoms with Gasteiger partial charge in [0.2, 0.25) is 5.91 Å². The minimum Gasteiger partial charge on any atom is -0.357 e. The van der Waals surface area contributed by atoms with Crippen molar-refractivity contribution in [3.63, 3.8) is 0 Å². The number of carbonyl (C=O) groups excluding carboxylic acids is 1. The molecule has 0 heterocycles. The first-order valence-corrected chi connectivity index (χ1v) is 10.8. The molecule has 0 aliphatic heterocycles. The number of likely N-dealkylation sites (N-methyl/N-ethyl adjacent to an activating group) is 1. The van der Waals surface area contributed by atoms with Crippen LogP contribution in [0.2, 0.25) is 0 Å². The fraction of sp³-hybridized carbons (Fsp3) is 0.652. The number of hydrogen-bond acceptors (Lipinski definition) is 3. The van der Waals surface area contributed by atoms with Gasteiger partial charge in [-0.2, -0.15) is 0 Å². The highest BCUT2D eigenvalue weighted by Crippen LogP contribution is 2.39. The SMILES string of the molecule is CCNC(=NCC1(C(=O)N(C)C)CCCC1)NCC(Cc1ccccc1)N(C)C. The van der Waals surface area contributed by atoms with Gasteiger partial charge >= 0.3 is 0 Å². The van der Waals surface area contributed by atoms with Gasteiger partial charge in [0.25, 0.3) is 0 Å². The Morgan fingerprint density at radius 3 is 2.31 bits per heavy atom. The first-order valence-electron chi connectivity index (χ1n) is 10.8. The van der Waals surface area contributed by atoms with Crippen LogP contribution in [0.5, 0.6) is 0 Å². The summed E-state index contributed by atoms with van der Waals surface area (Å²) in [5.74, 6) is 1.01. The van der Waals surface area contributed by atoms with E-state index in [1.165, 1.54) is 5.56 Å². The van der Waals surface area contributed by atoms with Crippen LogP contribution in [0.1, 0.15) is 38.2 Å². The molecule has 1 amide bonds. The van der Waals surface area contributed by atoms with E-state index in [0.29, 0.717) is 12.6 Å². The summed E-state index contributed by atoms with van der Waals surface area (Å²) in [4.78, 5) is 21.6. The molecule has 29 heavy (non-hydrogen) atoms. The Bertz CT molecular complexity index is 650. The molecule has 2 N–H and O–H groups in total. The summed E-state index contributed by atoms with van der Waals surface area (Å²) in [6.07, 6.45) is 5.06. The maximum Gasteiger partial charge on any atom is 0.230 e. The summed E-state index contributed by atoms with van der Waals surface area (Å²) in [5.41, 5.74) is 0.994. The lowest BCUT2D eigenvalue weighted by atomic mass is 9.85. The summed E-state index contributed by atoms with van der Waals surface area (Å²) in [6, 6.07) is 10.9. The van der Waals surface area contributed by atoms with Gasteiger partial charge in [0, 0.05) is 33.2 Å². The molecule has 162 valence electrons. The maximum absolute atomic E-state index is 12.8. The summed E-state index contributed by atoms with van der Waals surface area (Å²) < 4.78 is 0.